The molecule has 24 heavy (non-hydrogen) atoms. The van der Waals surface area contributed by atoms with Crippen LogP contribution in [-0.2, 0) is 0 Å². The summed E-state index contributed by atoms with van der Waals surface area (Å²) in [5.74, 6) is 3.22. The summed E-state index contributed by atoms with van der Waals surface area (Å²) in [4.78, 5) is 0. The van der Waals surface area contributed by atoms with Crippen molar-refractivity contribution in [3.05, 3.63) is 0 Å². The molecule has 0 heteroatoms. The summed E-state index contributed by atoms with van der Waals surface area (Å²) in [6.07, 6.45) is 16.9. The van der Waals surface area contributed by atoms with E-state index in [9.17, 15) is 0 Å². The van der Waals surface area contributed by atoms with E-state index < -0.39 is 0 Å². The Bertz CT molecular complexity index is 554. The molecule has 0 nitrogen and oxygen atoms in total. The molecule has 0 saturated heterocycles. The van der Waals surface area contributed by atoms with Gasteiger partial charge in [0.15, 0.2) is 0 Å². The third kappa shape index (κ3) is 1.87. The molecule has 0 aromatic carbocycles. The van der Waals surface area contributed by atoms with Crippen molar-refractivity contribution in [3.63, 3.8) is 0 Å². The smallest absolute Gasteiger partial charge is 0.0235 e. The summed E-state index contributed by atoms with van der Waals surface area (Å²) >= 11 is 0. The van der Waals surface area contributed by atoms with Gasteiger partial charge in [0.2, 0.25) is 0 Å². The Balaban J connectivity index is 1.58. The number of rotatable bonds is 0. The molecule has 0 aromatic heterocycles. The maximum Gasteiger partial charge on any atom is -0.0235 e. The maximum atomic E-state index is 2.77. The molecule has 0 heterocycles. The lowest BCUT2D eigenvalue weighted by molar-refractivity contribution is -0.196. The SMILES string of the molecule is CC1(C)CCC2(C)C3C(CCC2(C)C1)C1CCCC1(C)CC31CC1. The van der Waals surface area contributed by atoms with Crippen molar-refractivity contribution in [2.45, 2.75) is 105 Å². The first-order valence-electron chi connectivity index (χ1n) is 11.1. The average molecular weight is 329 g/mol. The molecule has 5 rings (SSSR count). The standard InChI is InChI=1S/C24H40/c1-20(2)11-12-23(5)19-17(8-10-22(23,4)15-20)18-7-6-9-21(18,3)16-24(19)13-14-24/h17-19H,6-16H2,1-5H3. The van der Waals surface area contributed by atoms with Crippen molar-refractivity contribution < 1.29 is 0 Å². The quantitative estimate of drug-likeness (QED) is 0.440. The van der Waals surface area contributed by atoms with E-state index in [0.29, 0.717) is 16.2 Å². The second kappa shape index (κ2) is 4.45. The summed E-state index contributed by atoms with van der Waals surface area (Å²) in [6.45, 7) is 13.3. The summed E-state index contributed by atoms with van der Waals surface area (Å²) < 4.78 is 0. The van der Waals surface area contributed by atoms with Gasteiger partial charge in [0, 0.05) is 0 Å². The van der Waals surface area contributed by atoms with Crippen LogP contribution in [0.3, 0.4) is 0 Å². The van der Waals surface area contributed by atoms with Crippen LogP contribution in [0.2, 0.25) is 0 Å². The van der Waals surface area contributed by atoms with Gasteiger partial charge in [0.05, 0.1) is 0 Å². The first-order chi connectivity index (χ1) is 11.1. The van der Waals surface area contributed by atoms with Gasteiger partial charge in [-0.15, -0.1) is 0 Å². The maximum absolute atomic E-state index is 2.77. The third-order valence-electron chi connectivity index (χ3n) is 10.7. The molecule has 0 N–H and O–H groups in total. The average Bonchev–Trinajstić information content (AvgIpc) is 3.10. The summed E-state index contributed by atoms with van der Waals surface area (Å²) in [5, 5.41) is 0. The topological polar surface area (TPSA) is 0 Å². The lowest BCUT2D eigenvalue weighted by Crippen LogP contribution is -2.61. The third-order valence-corrected chi connectivity index (χ3v) is 10.7. The van der Waals surface area contributed by atoms with E-state index in [0.717, 1.165) is 28.6 Å². The minimum atomic E-state index is 0.578. The van der Waals surface area contributed by atoms with E-state index in [1.807, 2.05) is 0 Å². The zero-order chi connectivity index (χ0) is 17.0. The van der Waals surface area contributed by atoms with Crippen LogP contribution in [0.1, 0.15) is 105 Å². The molecule has 0 amide bonds. The fourth-order valence-electron chi connectivity index (χ4n) is 9.61. The van der Waals surface area contributed by atoms with E-state index in [1.54, 1.807) is 38.5 Å². The van der Waals surface area contributed by atoms with Gasteiger partial charge in [0.1, 0.15) is 0 Å². The van der Waals surface area contributed by atoms with Gasteiger partial charge in [-0.3, -0.25) is 0 Å². The van der Waals surface area contributed by atoms with E-state index >= 15 is 0 Å². The van der Waals surface area contributed by atoms with E-state index in [1.165, 1.54) is 32.1 Å². The van der Waals surface area contributed by atoms with Crippen LogP contribution in [0.4, 0.5) is 0 Å². The molecular weight excluding hydrogens is 288 g/mol. The Labute approximate surface area is 150 Å². The summed E-state index contributed by atoms with van der Waals surface area (Å²) in [6, 6.07) is 0. The summed E-state index contributed by atoms with van der Waals surface area (Å²) in [7, 11) is 0. The van der Waals surface area contributed by atoms with Crippen LogP contribution in [0, 0.1) is 44.8 Å². The van der Waals surface area contributed by atoms with E-state index in [2.05, 4.69) is 34.6 Å². The van der Waals surface area contributed by atoms with Gasteiger partial charge in [-0.1, -0.05) is 41.0 Å². The van der Waals surface area contributed by atoms with Crippen molar-refractivity contribution >= 4 is 0 Å². The molecule has 5 aliphatic carbocycles. The number of hydrogen-bond donors (Lipinski definition) is 0. The minimum Gasteiger partial charge on any atom is -0.0599 e. The Morgan fingerprint density at radius 3 is 2.17 bits per heavy atom. The molecule has 0 bridgehead atoms. The van der Waals surface area contributed by atoms with E-state index in [4.69, 9.17) is 0 Å². The molecule has 0 aliphatic heterocycles. The van der Waals surface area contributed by atoms with E-state index in [-0.39, 0.29) is 0 Å². The van der Waals surface area contributed by atoms with Gasteiger partial charge in [-0.05, 0) is 109 Å². The predicted octanol–water partition coefficient (Wildman–Crippen LogP) is 7.23. The van der Waals surface area contributed by atoms with Gasteiger partial charge < -0.3 is 0 Å². The van der Waals surface area contributed by atoms with Crippen molar-refractivity contribution in [3.8, 4) is 0 Å². The Morgan fingerprint density at radius 2 is 1.46 bits per heavy atom. The fraction of sp³-hybridized carbons (Fsp3) is 1.00. The number of fused-ring (bicyclic) bond motifs is 6. The highest BCUT2D eigenvalue weighted by molar-refractivity contribution is 5.20. The van der Waals surface area contributed by atoms with Gasteiger partial charge in [0.25, 0.3) is 0 Å². The number of hydrogen-bond acceptors (Lipinski definition) is 0. The zero-order valence-corrected chi connectivity index (χ0v) is 17.0. The van der Waals surface area contributed by atoms with Gasteiger partial charge in [-0.2, -0.15) is 0 Å². The van der Waals surface area contributed by atoms with Gasteiger partial charge in [-0.25, -0.2) is 0 Å². The highest BCUT2D eigenvalue weighted by Gasteiger charge is 2.71. The normalized spacial score (nSPS) is 57.1. The molecule has 136 valence electrons. The lowest BCUT2D eigenvalue weighted by atomic mass is 9.36. The second-order valence-corrected chi connectivity index (χ2v) is 12.7. The molecule has 5 saturated carbocycles. The molecule has 6 unspecified atom stereocenters. The molecule has 0 radical (unpaired) electrons. The van der Waals surface area contributed by atoms with Crippen molar-refractivity contribution in [1.82, 2.24) is 0 Å². The Morgan fingerprint density at radius 1 is 0.708 bits per heavy atom. The first kappa shape index (κ1) is 16.2. The van der Waals surface area contributed by atoms with Crippen LogP contribution in [0.5, 0.6) is 0 Å². The van der Waals surface area contributed by atoms with Crippen LogP contribution in [0.15, 0.2) is 0 Å². The minimum absolute atomic E-state index is 0.578. The van der Waals surface area contributed by atoms with Crippen LogP contribution in [0.25, 0.3) is 0 Å². The predicted molar refractivity (Wildman–Crippen MR) is 102 cm³/mol. The highest BCUT2D eigenvalue weighted by Crippen LogP contribution is 2.80. The first-order valence-corrected chi connectivity index (χ1v) is 11.1. The summed E-state index contributed by atoms with van der Waals surface area (Å²) in [5.41, 5.74) is 3.31. The molecule has 1 spiro atoms. The second-order valence-electron chi connectivity index (χ2n) is 12.7. The van der Waals surface area contributed by atoms with Crippen LogP contribution in [-0.4, -0.2) is 0 Å². The van der Waals surface area contributed by atoms with Crippen molar-refractivity contribution in [1.29, 1.82) is 0 Å². The molecular formula is C24H40. The van der Waals surface area contributed by atoms with Crippen molar-refractivity contribution in [2.24, 2.45) is 44.8 Å². The van der Waals surface area contributed by atoms with Crippen LogP contribution >= 0.6 is 0 Å². The lowest BCUT2D eigenvalue weighted by Gasteiger charge is -2.68. The Kier molecular flexibility index (Phi) is 3.00. The molecule has 5 fully saturated rings. The molecule has 6 atom stereocenters. The molecule has 5 aliphatic rings. The highest BCUT2D eigenvalue weighted by atomic mass is 14.8. The van der Waals surface area contributed by atoms with Crippen LogP contribution < -0.4 is 0 Å². The fourth-order valence-corrected chi connectivity index (χ4v) is 9.61. The largest absolute Gasteiger partial charge is 0.0599 e. The molecule has 0 aromatic rings. The van der Waals surface area contributed by atoms with Crippen molar-refractivity contribution in [2.75, 3.05) is 0 Å². The zero-order valence-electron chi connectivity index (χ0n) is 17.0. The Hall–Kier alpha value is 0. The van der Waals surface area contributed by atoms with Gasteiger partial charge >= 0.3 is 0 Å². The monoisotopic (exact) mass is 328 g/mol.